The van der Waals surface area contributed by atoms with Gasteiger partial charge in [-0.05, 0) is 5.56 Å². The summed E-state index contributed by atoms with van der Waals surface area (Å²) in [5.74, 6) is 1.89. The number of thioether (sulfide) groups is 1. The van der Waals surface area contributed by atoms with Gasteiger partial charge in [0, 0.05) is 18.6 Å². The number of nitro benzene ring substituents is 1. The second kappa shape index (κ2) is 8.78. The number of nitrogens with zero attached hydrogens (tertiary/aromatic N) is 3. The molecule has 1 N–H and O–H groups in total. The van der Waals surface area contributed by atoms with E-state index < -0.39 is 4.92 Å². The first-order valence-corrected chi connectivity index (χ1v) is 9.89. The molecule has 0 fully saturated rings. The van der Waals surface area contributed by atoms with Gasteiger partial charge in [0.05, 0.1) is 33.7 Å². The Morgan fingerprint density at radius 3 is 2.74 bits per heavy atom. The molecular weight excluding hydrogens is 388 g/mol. The number of hydrogen-bond acceptors (Lipinski definition) is 8. The predicted octanol–water partition coefficient (Wildman–Crippen LogP) is 4.08. The Morgan fingerprint density at radius 2 is 2.07 bits per heavy atom. The van der Waals surface area contributed by atoms with Gasteiger partial charge < -0.3 is 9.73 Å². The largest absolute Gasteiger partial charge is 0.445 e. The highest BCUT2D eigenvalue weighted by Gasteiger charge is 2.11. The van der Waals surface area contributed by atoms with Crippen LogP contribution in [0.5, 0.6) is 0 Å². The fraction of sp³-hybridized carbons (Fsp3) is 0.235. The van der Waals surface area contributed by atoms with E-state index in [-0.39, 0.29) is 18.0 Å². The number of rotatable bonds is 8. The molecule has 1 aromatic carbocycles. The topological polar surface area (TPSA) is 111 Å². The van der Waals surface area contributed by atoms with E-state index in [4.69, 9.17) is 4.42 Å². The number of aryl methyl sites for hydroxylation is 1. The number of hydrogen-bond donors (Lipinski definition) is 1. The molecule has 0 unspecified atom stereocenters. The molecule has 0 atom stereocenters. The molecule has 0 radical (unpaired) electrons. The number of benzene rings is 1. The van der Waals surface area contributed by atoms with Crippen LogP contribution < -0.4 is 5.32 Å². The maximum atomic E-state index is 12.1. The third-order valence-corrected chi connectivity index (χ3v) is 5.62. The highest BCUT2D eigenvalue weighted by Crippen LogP contribution is 2.30. The molecule has 8 nitrogen and oxygen atoms in total. The number of nitrogens with one attached hydrogen (secondary N) is 1. The third-order valence-electron chi connectivity index (χ3n) is 3.53. The summed E-state index contributed by atoms with van der Waals surface area (Å²) in [6.45, 7) is 2.01. The zero-order valence-electron chi connectivity index (χ0n) is 14.4. The molecule has 0 aliphatic rings. The minimum Gasteiger partial charge on any atom is -0.445 e. The van der Waals surface area contributed by atoms with Crippen LogP contribution in [0.15, 0.2) is 45.3 Å². The van der Waals surface area contributed by atoms with Crippen molar-refractivity contribution in [2.45, 2.75) is 29.7 Å². The third kappa shape index (κ3) is 5.38. The minimum absolute atomic E-state index is 0.00199. The van der Waals surface area contributed by atoms with Crippen molar-refractivity contribution in [1.82, 2.24) is 9.97 Å². The van der Waals surface area contributed by atoms with Crippen LogP contribution in [0.2, 0.25) is 0 Å². The van der Waals surface area contributed by atoms with Gasteiger partial charge >= 0.3 is 0 Å². The molecule has 0 aliphatic heterocycles. The summed E-state index contributed by atoms with van der Waals surface area (Å²) in [5.41, 5.74) is 0.692. The van der Waals surface area contributed by atoms with Gasteiger partial charge in [-0.15, -0.1) is 11.8 Å². The number of aromatic nitrogens is 2. The molecule has 3 rings (SSSR count). The maximum absolute atomic E-state index is 12.1. The van der Waals surface area contributed by atoms with Gasteiger partial charge in [0.25, 0.3) is 5.69 Å². The van der Waals surface area contributed by atoms with Crippen LogP contribution in [-0.4, -0.2) is 20.8 Å². The van der Waals surface area contributed by atoms with Crippen molar-refractivity contribution in [1.29, 1.82) is 0 Å². The predicted molar refractivity (Wildman–Crippen MR) is 103 cm³/mol. The van der Waals surface area contributed by atoms with Gasteiger partial charge in [-0.25, -0.2) is 9.97 Å². The van der Waals surface area contributed by atoms with Crippen molar-refractivity contribution < 1.29 is 14.1 Å². The molecule has 0 saturated carbocycles. The minimum atomic E-state index is -0.472. The summed E-state index contributed by atoms with van der Waals surface area (Å²) in [6.07, 6.45) is 4.35. The van der Waals surface area contributed by atoms with Crippen LogP contribution in [0, 0.1) is 10.1 Å². The van der Waals surface area contributed by atoms with Crippen LogP contribution in [0.1, 0.15) is 24.1 Å². The van der Waals surface area contributed by atoms with Crippen LogP contribution in [0.3, 0.4) is 0 Å². The quantitative estimate of drug-likeness (QED) is 0.342. The maximum Gasteiger partial charge on any atom is 0.269 e. The number of carbonyl (C=O) groups is 1. The normalized spacial score (nSPS) is 10.7. The Labute approximate surface area is 163 Å². The smallest absolute Gasteiger partial charge is 0.269 e. The fourth-order valence-electron chi connectivity index (χ4n) is 2.18. The summed E-state index contributed by atoms with van der Waals surface area (Å²) in [4.78, 5) is 30.7. The van der Waals surface area contributed by atoms with E-state index in [2.05, 4.69) is 15.3 Å². The van der Waals surface area contributed by atoms with Gasteiger partial charge in [-0.2, -0.15) is 0 Å². The molecule has 1 amide bonds. The summed E-state index contributed by atoms with van der Waals surface area (Å²) < 4.78 is 6.50. The molecule has 10 heteroatoms. The summed E-state index contributed by atoms with van der Waals surface area (Å²) in [5, 5.41) is 13.9. The highest BCUT2D eigenvalue weighted by atomic mass is 32.2. The van der Waals surface area contributed by atoms with E-state index in [0.717, 1.165) is 16.4 Å². The van der Waals surface area contributed by atoms with Crippen molar-refractivity contribution in [3.05, 3.63) is 64.0 Å². The standard InChI is InChI=1S/C17H16N4O4S2/c1-2-13-8-18-15(25-13)10-26-16-9-19-17(27-16)20-14(22)7-11-3-5-12(6-4-11)21(23)24/h3-6,8-9H,2,7,10H2,1H3,(H,19,20,22). The Hall–Kier alpha value is -2.72. The zero-order valence-corrected chi connectivity index (χ0v) is 16.0. The molecule has 0 aliphatic carbocycles. The molecule has 27 heavy (non-hydrogen) atoms. The Kier molecular flexibility index (Phi) is 6.20. The lowest BCUT2D eigenvalue weighted by Gasteiger charge is -2.01. The lowest BCUT2D eigenvalue weighted by atomic mass is 10.1. The van der Waals surface area contributed by atoms with E-state index in [1.54, 1.807) is 24.5 Å². The molecule has 0 bridgehead atoms. The monoisotopic (exact) mass is 404 g/mol. The average molecular weight is 404 g/mol. The van der Waals surface area contributed by atoms with Crippen molar-refractivity contribution in [2.75, 3.05) is 5.32 Å². The van der Waals surface area contributed by atoms with Crippen LogP contribution in [0.25, 0.3) is 0 Å². The number of non-ortho nitro benzene ring substituents is 1. The lowest BCUT2D eigenvalue weighted by molar-refractivity contribution is -0.384. The van der Waals surface area contributed by atoms with Crippen molar-refractivity contribution >= 4 is 39.8 Å². The number of amides is 1. The lowest BCUT2D eigenvalue weighted by Crippen LogP contribution is -2.14. The Bertz CT molecular complexity index is 937. The summed E-state index contributed by atoms with van der Waals surface area (Å²) in [7, 11) is 0. The zero-order chi connectivity index (χ0) is 19.2. The molecular formula is C17H16N4O4S2. The molecule has 140 valence electrons. The summed E-state index contributed by atoms with van der Waals surface area (Å²) >= 11 is 2.91. The Morgan fingerprint density at radius 1 is 1.30 bits per heavy atom. The number of thiazole rings is 1. The number of oxazole rings is 1. The number of nitro groups is 1. The molecule has 0 saturated heterocycles. The van der Waals surface area contributed by atoms with Crippen LogP contribution in [-0.2, 0) is 23.4 Å². The number of anilines is 1. The first-order valence-electron chi connectivity index (χ1n) is 8.09. The van der Waals surface area contributed by atoms with Gasteiger partial charge in [0.15, 0.2) is 5.13 Å². The van der Waals surface area contributed by atoms with E-state index >= 15 is 0 Å². The van der Waals surface area contributed by atoms with Crippen LogP contribution in [0.4, 0.5) is 10.8 Å². The van der Waals surface area contributed by atoms with Gasteiger partial charge in [0.2, 0.25) is 11.8 Å². The average Bonchev–Trinajstić information content (AvgIpc) is 3.29. The van der Waals surface area contributed by atoms with E-state index in [1.165, 1.54) is 35.2 Å². The van der Waals surface area contributed by atoms with Crippen LogP contribution >= 0.6 is 23.1 Å². The number of carbonyl (C=O) groups excluding carboxylic acids is 1. The Balaban J connectivity index is 1.50. The van der Waals surface area contributed by atoms with Gasteiger partial charge in [0.1, 0.15) is 5.76 Å². The van der Waals surface area contributed by atoms with E-state index in [9.17, 15) is 14.9 Å². The van der Waals surface area contributed by atoms with E-state index in [1.807, 2.05) is 6.92 Å². The van der Waals surface area contributed by atoms with Crippen molar-refractivity contribution in [3.63, 3.8) is 0 Å². The SMILES string of the molecule is CCc1cnc(CSc2cnc(NC(=O)Cc3ccc([N+](=O)[O-])cc3)s2)o1. The van der Waals surface area contributed by atoms with Gasteiger partial charge in [-0.1, -0.05) is 30.4 Å². The molecule has 0 spiro atoms. The second-order valence-electron chi connectivity index (χ2n) is 5.50. The van der Waals surface area contributed by atoms with Gasteiger partial charge in [-0.3, -0.25) is 14.9 Å². The molecule has 3 aromatic rings. The van der Waals surface area contributed by atoms with E-state index in [0.29, 0.717) is 22.3 Å². The van der Waals surface area contributed by atoms with Crippen molar-refractivity contribution in [2.24, 2.45) is 0 Å². The second-order valence-corrected chi connectivity index (χ2v) is 7.80. The first kappa shape index (κ1) is 19.1. The molecule has 2 heterocycles. The highest BCUT2D eigenvalue weighted by molar-refractivity contribution is 8.00. The molecule has 2 aromatic heterocycles. The first-order chi connectivity index (χ1) is 13.0. The summed E-state index contributed by atoms with van der Waals surface area (Å²) in [6, 6.07) is 5.91. The fourth-order valence-corrected chi connectivity index (χ4v) is 3.92. The van der Waals surface area contributed by atoms with Crippen molar-refractivity contribution in [3.8, 4) is 0 Å².